The number of carbonyl (C=O) groups excluding carboxylic acids is 1. The van der Waals surface area contributed by atoms with Crippen molar-refractivity contribution >= 4 is 11.9 Å². The number of allylic oxidation sites excluding steroid dienone is 1. The van der Waals surface area contributed by atoms with Crippen molar-refractivity contribution in [2.75, 3.05) is 7.11 Å². The van der Waals surface area contributed by atoms with E-state index in [0.717, 1.165) is 24.0 Å². The zero-order chi connectivity index (χ0) is 31.7. The highest BCUT2D eigenvalue weighted by Crippen LogP contribution is 2.56. The molecule has 3 aromatic carbocycles. The number of methoxy groups -OCH3 is 1. The molecule has 7 atom stereocenters. The summed E-state index contributed by atoms with van der Waals surface area (Å²) in [6.45, 7) is 0. The zero-order valence-electron chi connectivity index (χ0n) is 25.4. The van der Waals surface area contributed by atoms with E-state index in [4.69, 9.17) is 4.74 Å². The van der Waals surface area contributed by atoms with Gasteiger partial charge in [-0.2, -0.15) is 0 Å². The predicted octanol–water partition coefficient (Wildman–Crippen LogP) is 5.61. The Bertz CT molecular complexity index is 1650. The fourth-order valence-electron chi connectivity index (χ4n) is 8.14. The Hall–Kier alpha value is -4.25. The third kappa shape index (κ3) is 5.69. The van der Waals surface area contributed by atoms with E-state index in [0.29, 0.717) is 29.7 Å². The van der Waals surface area contributed by atoms with Gasteiger partial charge >= 0.3 is 0 Å². The Kier molecular flexibility index (Phi) is 8.63. The van der Waals surface area contributed by atoms with Crippen LogP contribution < -0.4 is 4.74 Å². The van der Waals surface area contributed by atoms with Crippen molar-refractivity contribution in [3.8, 4) is 34.8 Å². The van der Waals surface area contributed by atoms with Crippen molar-refractivity contribution in [1.82, 2.24) is 0 Å². The Balaban J connectivity index is 1.47. The molecule has 6 rings (SSSR count). The lowest BCUT2D eigenvalue weighted by Crippen LogP contribution is -2.57. The first-order valence-corrected chi connectivity index (χ1v) is 15.7. The number of hydrogen-bond donors (Lipinski definition) is 5. The predicted molar refractivity (Wildman–Crippen MR) is 171 cm³/mol. The summed E-state index contributed by atoms with van der Waals surface area (Å²) in [6, 6.07) is 18.1. The number of Topliss-reactive ketones (excluding diaryl/α,β-unsaturated/α-hetero) is 1. The largest absolute Gasteiger partial charge is 0.504 e. The summed E-state index contributed by atoms with van der Waals surface area (Å²) in [7, 11) is 1.49. The average molecular weight is 609 g/mol. The van der Waals surface area contributed by atoms with Gasteiger partial charge in [0.25, 0.3) is 0 Å². The van der Waals surface area contributed by atoms with Crippen LogP contribution in [0, 0.1) is 29.6 Å². The van der Waals surface area contributed by atoms with E-state index in [1.807, 2.05) is 42.5 Å². The number of phenols is 3. The summed E-state index contributed by atoms with van der Waals surface area (Å²) in [6.07, 6.45) is 4.94. The van der Waals surface area contributed by atoms with Crippen LogP contribution in [0.3, 0.4) is 0 Å². The normalized spacial score (nSPS) is 29.5. The molecule has 3 aliphatic carbocycles. The summed E-state index contributed by atoms with van der Waals surface area (Å²) in [4.78, 5) is 13.9. The van der Waals surface area contributed by atoms with Gasteiger partial charge in [-0.05, 0) is 71.7 Å². The molecule has 3 aliphatic rings. The smallest absolute Gasteiger partial charge is 0.160 e. The van der Waals surface area contributed by atoms with Crippen LogP contribution in [-0.4, -0.2) is 50.6 Å². The number of ketones is 1. The zero-order valence-corrected chi connectivity index (χ0v) is 25.4. The van der Waals surface area contributed by atoms with Crippen LogP contribution in [0.15, 0.2) is 66.7 Å². The van der Waals surface area contributed by atoms with Crippen LogP contribution in [0.5, 0.6) is 23.0 Å². The topological polar surface area (TPSA) is 127 Å². The molecule has 1 saturated carbocycles. The molecule has 1 fully saturated rings. The fourth-order valence-corrected chi connectivity index (χ4v) is 8.14. The molecule has 0 spiro atoms. The van der Waals surface area contributed by atoms with Crippen molar-refractivity contribution in [1.29, 1.82) is 0 Å². The number of aliphatic hydroxyl groups excluding tert-OH is 2. The van der Waals surface area contributed by atoms with Crippen molar-refractivity contribution in [2.24, 2.45) is 17.8 Å². The van der Waals surface area contributed by atoms with Crippen molar-refractivity contribution in [3.63, 3.8) is 0 Å². The highest BCUT2D eigenvalue weighted by atomic mass is 16.5. The van der Waals surface area contributed by atoms with Gasteiger partial charge < -0.3 is 30.3 Å². The average Bonchev–Trinajstić information content (AvgIpc) is 3.03. The van der Waals surface area contributed by atoms with Gasteiger partial charge in [-0.15, -0.1) is 5.92 Å². The Morgan fingerprint density at radius 1 is 0.933 bits per heavy atom. The van der Waals surface area contributed by atoms with Crippen LogP contribution in [0.25, 0.3) is 6.08 Å². The second-order valence-electron chi connectivity index (χ2n) is 12.8. The fraction of sp³-hybridized carbons (Fsp3) is 0.395. The van der Waals surface area contributed by atoms with E-state index in [2.05, 4.69) is 11.8 Å². The van der Waals surface area contributed by atoms with Crippen LogP contribution in [0.4, 0.5) is 0 Å². The summed E-state index contributed by atoms with van der Waals surface area (Å²) < 4.78 is 5.39. The number of aromatic hydroxyl groups is 3. The first kappa shape index (κ1) is 30.8. The highest BCUT2D eigenvalue weighted by Gasteiger charge is 2.56. The van der Waals surface area contributed by atoms with E-state index >= 15 is 0 Å². The van der Waals surface area contributed by atoms with E-state index < -0.39 is 23.5 Å². The van der Waals surface area contributed by atoms with Crippen LogP contribution >= 0.6 is 0 Å². The molecular formula is C38H40O7. The number of fused-ring (bicyclic) bond motifs is 3. The molecule has 0 radical (unpaired) electrons. The van der Waals surface area contributed by atoms with Crippen molar-refractivity contribution in [2.45, 2.75) is 68.5 Å². The van der Waals surface area contributed by atoms with Gasteiger partial charge in [-0.25, -0.2) is 0 Å². The molecule has 0 aromatic heterocycles. The van der Waals surface area contributed by atoms with E-state index in [-0.39, 0.29) is 60.0 Å². The number of ether oxygens (including phenoxy) is 1. The maximum absolute atomic E-state index is 13.9. The van der Waals surface area contributed by atoms with Gasteiger partial charge in [0.1, 0.15) is 5.78 Å². The minimum absolute atomic E-state index is 0.0115. The Labute approximate surface area is 263 Å². The molecule has 5 N–H and O–H groups in total. The summed E-state index contributed by atoms with van der Waals surface area (Å²) in [5.41, 5.74) is 2.25. The summed E-state index contributed by atoms with van der Waals surface area (Å²) in [5, 5.41) is 54.9. The summed E-state index contributed by atoms with van der Waals surface area (Å²) >= 11 is 0. The van der Waals surface area contributed by atoms with Crippen LogP contribution in [0.2, 0.25) is 0 Å². The number of carbonyl (C=O) groups is 1. The van der Waals surface area contributed by atoms with Gasteiger partial charge in [-0.3, -0.25) is 4.79 Å². The first-order valence-electron chi connectivity index (χ1n) is 15.7. The number of benzene rings is 3. The molecule has 0 heterocycles. The Morgan fingerprint density at radius 3 is 2.49 bits per heavy atom. The van der Waals surface area contributed by atoms with E-state index in [1.54, 1.807) is 18.2 Å². The molecule has 0 aliphatic heterocycles. The highest BCUT2D eigenvalue weighted by molar-refractivity contribution is 5.80. The maximum Gasteiger partial charge on any atom is 0.160 e. The van der Waals surface area contributed by atoms with E-state index in [1.165, 1.54) is 19.2 Å². The lowest BCUT2D eigenvalue weighted by atomic mass is 9.50. The van der Waals surface area contributed by atoms with Gasteiger partial charge in [0.15, 0.2) is 23.0 Å². The molecule has 7 nitrogen and oxygen atoms in total. The van der Waals surface area contributed by atoms with Crippen LogP contribution in [-0.2, 0) is 16.6 Å². The third-order valence-electron chi connectivity index (χ3n) is 10.3. The molecule has 45 heavy (non-hydrogen) atoms. The molecule has 0 saturated heterocycles. The van der Waals surface area contributed by atoms with Gasteiger partial charge in [0.2, 0.25) is 0 Å². The molecule has 234 valence electrons. The summed E-state index contributed by atoms with van der Waals surface area (Å²) in [5.74, 6) is 5.26. The lowest BCUT2D eigenvalue weighted by molar-refractivity contribution is -0.124. The standard InChI is InChI=1S/C38H40O7/c1-45-36-19-25(14-16-32(36)40)29-20-28(39)21-33(41)30(11-5-9-24(29)17-23-7-3-2-4-8-23)38-27(10-6-12-37(38)44)15-13-26-18-34(42)35(43)22-31(26)38/h2-4,7-8,13-16,18-19,22,24,27,29-30,33,37,40-44H,6,10-12,17,20-21H2,1H3. The SMILES string of the molecule is COc1cc(C2CC(=O)CC(O)C(C34c5cc(O)c(O)cc5C=CC3CCCC4O)CC#CC2Cc2ccccc2)ccc1O. The number of rotatable bonds is 5. The van der Waals surface area contributed by atoms with Crippen molar-refractivity contribution in [3.05, 3.63) is 89.0 Å². The second-order valence-corrected chi connectivity index (χ2v) is 12.8. The third-order valence-corrected chi connectivity index (χ3v) is 10.3. The molecule has 3 aromatic rings. The van der Waals surface area contributed by atoms with E-state index in [9.17, 15) is 30.3 Å². The monoisotopic (exact) mass is 608 g/mol. The number of phenolic OH excluding ortho intramolecular Hbond substituents is 3. The minimum Gasteiger partial charge on any atom is -0.504 e. The second kappa shape index (κ2) is 12.6. The molecule has 0 amide bonds. The maximum atomic E-state index is 13.9. The van der Waals surface area contributed by atoms with Gasteiger partial charge in [-0.1, -0.05) is 60.9 Å². The number of aliphatic hydroxyl groups is 2. The lowest BCUT2D eigenvalue weighted by Gasteiger charge is -2.54. The van der Waals surface area contributed by atoms with Crippen molar-refractivity contribution < 1.29 is 35.1 Å². The minimum atomic E-state index is -1.10. The molecule has 7 unspecified atom stereocenters. The van der Waals surface area contributed by atoms with Gasteiger partial charge in [0.05, 0.1) is 19.3 Å². The van der Waals surface area contributed by atoms with Crippen LogP contribution in [0.1, 0.15) is 66.7 Å². The number of hydrogen-bond acceptors (Lipinski definition) is 7. The van der Waals surface area contributed by atoms with Gasteiger partial charge in [0, 0.05) is 42.4 Å². The molecule has 0 bridgehead atoms. The molecular weight excluding hydrogens is 568 g/mol. The first-order chi connectivity index (χ1) is 21.7. The quantitative estimate of drug-likeness (QED) is 0.188. The molecule has 7 heteroatoms. The Morgan fingerprint density at radius 2 is 1.71 bits per heavy atom.